The topological polar surface area (TPSA) is 88.9 Å². The van der Waals surface area contributed by atoms with Crippen LogP contribution in [0.1, 0.15) is 24.0 Å². The number of nitriles is 1. The van der Waals surface area contributed by atoms with Crippen molar-refractivity contribution in [2.24, 2.45) is 0 Å². The molecule has 1 aliphatic carbocycles. The van der Waals surface area contributed by atoms with Crippen molar-refractivity contribution in [3.8, 4) is 6.07 Å². The quantitative estimate of drug-likeness (QED) is 0.762. The fourth-order valence-corrected chi connectivity index (χ4v) is 4.25. The number of aromatic nitrogens is 3. The third-order valence-corrected chi connectivity index (χ3v) is 5.82. The second-order valence-corrected chi connectivity index (χ2v) is 7.62. The number of fused-ring (bicyclic) bond motifs is 1. The number of aromatic amines is 1. The molecule has 28 heavy (non-hydrogen) atoms. The highest BCUT2D eigenvalue weighted by molar-refractivity contribution is 5.87. The number of nitrogens with zero attached hydrogens (tertiary/aromatic N) is 5. The molecule has 1 saturated heterocycles. The van der Waals surface area contributed by atoms with E-state index in [9.17, 15) is 4.79 Å². The number of piperazine rings is 1. The van der Waals surface area contributed by atoms with E-state index in [2.05, 4.69) is 30.8 Å². The predicted octanol–water partition coefficient (Wildman–Crippen LogP) is 2.25. The van der Waals surface area contributed by atoms with Gasteiger partial charge in [-0.2, -0.15) is 5.26 Å². The van der Waals surface area contributed by atoms with E-state index in [4.69, 9.17) is 5.26 Å². The Labute approximate surface area is 162 Å². The standard InChI is InChI=1S/C21H20N6O/c22-12-16-3-1-2-15(10-16)11-18(28)27-9-8-26(13-21(27)5-6-21)20-17-4-7-23-19(17)24-14-25-20/h1-4,7,10,14H,5-6,8-9,11,13H2,(H,23,24,25). The van der Waals surface area contributed by atoms with Crippen LogP contribution in [0.5, 0.6) is 0 Å². The summed E-state index contributed by atoms with van der Waals surface area (Å²) in [6, 6.07) is 11.5. The summed E-state index contributed by atoms with van der Waals surface area (Å²) >= 11 is 0. The van der Waals surface area contributed by atoms with Crippen molar-refractivity contribution in [3.63, 3.8) is 0 Å². The van der Waals surface area contributed by atoms with Gasteiger partial charge < -0.3 is 14.8 Å². The Bertz CT molecular complexity index is 1090. The first kappa shape index (κ1) is 16.8. The molecule has 1 aromatic carbocycles. The highest BCUT2D eigenvalue weighted by Gasteiger charge is 2.53. The molecule has 0 bridgehead atoms. The number of amides is 1. The second-order valence-electron chi connectivity index (χ2n) is 7.62. The molecule has 1 amide bonds. The number of hydrogen-bond donors (Lipinski definition) is 1. The Hall–Kier alpha value is -3.40. The summed E-state index contributed by atoms with van der Waals surface area (Å²) in [4.78, 5) is 29.3. The van der Waals surface area contributed by atoms with Gasteiger partial charge in [-0.15, -0.1) is 0 Å². The lowest BCUT2D eigenvalue weighted by molar-refractivity contribution is -0.134. The number of benzene rings is 1. The normalized spacial score (nSPS) is 17.7. The van der Waals surface area contributed by atoms with Crippen LogP contribution in [0.3, 0.4) is 0 Å². The molecule has 5 rings (SSSR count). The number of H-pyrrole nitrogens is 1. The van der Waals surface area contributed by atoms with Gasteiger partial charge in [0.2, 0.25) is 5.91 Å². The molecule has 140 valence electrons. The van der Waals surface area contributed by atoms with Crippen LogP contribution in [0.2, 0.25) is 0 Å². The Balaban J connectivity index is 1.35. The van der Waals surface area contributed by atoms with E-state index in [1.807, 2.05) is 24.4 Å². The SMILES string of the molecule is N#Cc1cccc(CC(=O)N2CCN(c3ncnc4[nH]ccc34)CC23CC3)c1. The van der Waals surface area contributed by atoms with Gasteiger partial charge in [-0.05, 0) is 36.6 Å². The zero-order valence-electron chi connectivity index (χ0n) is 15.4. The van der Waals surface area contributed by atoms with Gasteiger partial charge in [0.1, 0.15) is 17.8 Å². The fraction of sp³-hybridized carbons (Fsp3) is 0.333. The van der Waals surface area contributed by atoms with Crippen LogP contribution >= 0.6 is 0 Å². The molecule has 0 radical (unpaired) electrons. The zero-order valence-corrected chi connectivity index (χ0v) is 15.4. The van der Waals surface area contributed by atoms with Crippen LogP contribution in [0.25, 0.3) is 11.0 Å². The van der Waals surface area contributed by atoms with Crippen LogP contribution in [-0.2, 0) is 11.2 Å². The maximum absolute atomic E-state index is 13.0. The maximum Gasteiger partial charge on any atom is 0.227 e. The molecule has 2 fully saturated rings. The first-order valence-electron chi connectivity index (χ1n) is 9.51. The van der Waals surface area contributed by atoms with Crippen molar-refractivity contribution < 1.29 is 4.79 Å². The van der Waals surface area contributed by atoms with Crippen LogP contribution in [-0.4, -0.2) is 50.9 Å². The Morgan fingerprint density at radius 1 is 1.25 bits per heavy atom. The van der Waals surface area contributed by atoms with Gasteiger partial charge >= 0.3 is 0 Å². The van der Waals surface area contributed by atoms with Gasteiger partial charge in [0.25, 0.3) is 0 Å². The predicted molar refractivity (Wildman–Crippen MR) is 105 cm³/mol. The molecule has 1 spiro atoms. The van der Waals surface area contributed by atoms with E-state index < -0.39 is 0 Å². The summed E-state index contributed by atoms with van der Waals surface area (Å²) in [7, 11) is 0. The van der Waals surface area contributed by atoms with E-state index >= 15 is 0 Å². The van der Waals surface area contributed by atoms with Crippen LogP contribution in [0.15, 0.2) is 42.9 Å². The lowest BCUT2D eigenvalue weighted by Crippen LogP contribution is -2.57. The summed E-state index contributed by atoms with van der Waals surface area (Å²) < 4.78 is 0. The Morgan fingerprint density at radius 2 is 2.14 bits per heavy atom. The highest BCUT2D eigenvalue weighted by Crippen LogP contribution is 2.45. The number of anilines is 1. The highest BCUT2D eigenvalue weighted by atomic mass is 16.2. The minimum Gasteiger partial charge on any atom is -0.352 e. The van der Waals surface area contributed by atoms with Gasteiger partial charge in [-0.1, -0.05) is 12.1 Å². The molecule has 7 nitrogen and oxygen atoms in total. The Kier molecular flexibility index (Phi) is 3.79. The number of hydrogen-bond acceptors (Lipinski definition) is 5. The zero-order chi connectivity index (χ0) is 19.1. The largest absolute Gasteiger partial charge is 0.352 e. The first-order chi connectivity index (χ1) is 13.7. The van der Waals surface area contributed by atoms with Gasteiger partial charge in [-0.3, -0.25) is 4.79 Å². The molecule has 1 saturated carbocycles. The molecular formula is C21H20N6O. The van der Waals surface area contributed by atoms with Crippen LogP contribution in [0.4, 0.5) is 5.82 Å². The summed E-state index contributed by atoms with van der Waals surface area (Å²) in [6.45, 7) is 2.24. The van der Waals surface area contributed by atoms with Gasteiger partial charge in [0.15, 0.2) is 0 Å². The van der Waals surface area contributed by atoms with Crippen molar-refractivity contribution in [1.82, 2.24) is 19.9 Å². The fourth-order valence-electron chi connectivity index (χ4n) is 4.25. The van der Waals surface area contributed by atoms with Gasteiger partial charge in [-0.25, -0.2) is 9.97 Å². The minimum absolute atomic E-state index is 0.0875. The third kappa shape index (κ3) is 2.78. The average molecular weight is 372 g/mol. The lowest BCUT2D eigenvalue weighted by atomic mass is 10.0. The molecule has 2 aliphatic rings. The van der Waals surface area contributed by atoms with Gasteiger partial charge in [0.05, 0.1) is 29.0 Å². The summed E-state index contributed by atoms with van der Waals surface area (Å²) in [5, 5.41) is 10.1. The lowest BCUT2D eigenvalue weighted by Gasteiger charge is -2.43. The van der Waals surface area contributed by atoms with Crippen LogP contribution in [0, 0.1) is 11.3 Å². The van der Waals surface area contributed by atoms with E-state index in [0.717, 1.165) is 48.3 Å². The number of nitrogens with one attached hydrogen (secondary N) is 1. The molecule has 7 heteroatoms. The van der Waals surface area contributed by atoms with E-state index in [1.165, 1.54) is 0 Å². The molecule has 1 N–H and O–H groups in total. The van der Waals surface area contributed by atoms with E-state index in [1.54, 1.807) is 18.5 Å². The summed E-state index contributed by atoms with van der Waals surface area (Å²) in [5.41, 5.74) is 2.24. The van der Waals surface area contributed by atoms with Crippen LogP contribution < -0.4 is 4.90 Å². The molecule has 0 atom stereocenters. The molecule has 2 aromatic heterocycles. The third-order valence-electron chi connectivity index (χ3n) is 5.82. The first-order valence-corrected chi connectivity index (χ1v) is 9.51. The smallest absolute Gasteiger partial charge is 0.227 e. The van der Waals surface area contributed by atoms with E-state index in [-0.39, 0.29) is 11.4 Å². The van der Waals surface area contributed by atoms with Crippen molar-refractivity contribution in [2.45, 2.75) is 24.8 Å². The average Bonchev–Trinajstić information content (AvgIpc) is 3.29. The minimum atomic E-state index is -0.0875. The van der Waals surface area contributed by atoms with E-state index in [0.29, 0.717) is 18.5 Å². The van der Waals surface area contributed by atoms with Crippen molar-refractivity contribution in [2.75, 3.05) is 24.5 Å². The van der Waals surface area contributed by atoms with Crippen molar-refractivity contribution in [3.05, 3.63) is 54.0 Å². The molecule has 0 unspecified atom stereocenters. The second kappa shape index (κ2) is 6.34. The molecule has 3 aromatic rings. The molecule has 1 aliphatic heterocycles. The number of rotatable bonds is 3. The van der Waals surface area contributed by atoms with Gasteiger partial charge in [0, 0.05) is 25.8 Å². The molecular weight excluding hydrogens is 352 g/mol. The number of carbonyl (C=O) groups excluding carboxylic acids is 1. The molecule has 3 heterocycles. The number of carbonyl (C=O) groups is 1. The summed E-state index contributed by atoms with van der Waals surface area (Å²) in [5.74, 6) is 1.08. The Morgan fingerprint density at radius 3 is 2.96 bits per heavy atom. The summed E-state index contributed by atoms with van der Waals surface area (Å²) in [6.07, 6.45) is 5.86. The monoisotopic (exact) mass is 372 g/mol. The van der Waals surface area contributed by atoms with Crippen molar-refractivity contribution in [1.29, 1.82) is 5.26 Å². The maximum atomic E-state index is 13.0. The van der Waals surface area contributed by atoms with Crippen molar-refractivity contribution >= 4 is 22.8 Å².